The van der Waals surface area contributed by atoms with Gasteiger partial charge in [-0.05, 0) is 35.9 Å². The van der Waals surface area contributed by atoms with E-state index >= 15 is 0 Å². The van der Waals surface area contributed by atoms with E-state index in [4.69, 9.17) is 4.74 Å². The molecule has 0 saturated carbocycles. The number of nitrogens with zero attached hydrogens (tertiary/aromatic N) is 2. The van der Waals surface area contributed by atoms with Crippen molar-refractivity contribution in [3.05, 3.63) is 105 Å². The van der Waals surface area contributed by atoms with Crippen molar-refractivity contribution in [3.63, 3.8) is 0 Å². The molecule has 154 valence electrons. The molecule has 7 nitrogen and oxygen atoms in total. The van der Waals surface area contributed by atoms with E-state index < -0.39 is 10.8 Å². The van der Waals surface area contributed by atoms with Crippen molar-refractivity contribution in [1.82, 2.24) is 0 Å². The second-order valence-corrected chi connectivity index (χ2v) is 6.38. The van der Waals surface area contributed by atoms with Gasteiger partial charge in [0.15, 0.2) is 0 Å². The minimum absolute atomic E-state index is 0.174. The van der Waals surface area contributed by atoms with Gasteiger partial charge in [-0.15, -0.1) is 0 Å². The highest BCUT2D eigenvalue weighted by Crippen LogP contribution is 2.23. The number of nitro benzene ring substituents is 1. The van der Waals surface area contributed by atoms with E-state index in [2.05, 4.69) is 5.32 Å². The highest BCUT2D eigenvalue weighted by atomic mass is 19.1. The van der Waals surface area contributed by atoms with Crippen LogP contribution in [0.15, 0.2) is 78.4 Å². The lowest BCUT2D eigenvalue weighted by Crippen LogP contribution is -2.13. The van der Waals surface area contributed by atoms with Crippen LogP contribution >= 0.6 is 0 Å². The number of benzene rings is 3. The van der Waals surface area contributed by atoms with Crippen molar-refractivity contribution in [3.8, 4) is 11.8 Å². The van der Waals surface area contributed by atoms with Gasteiger partial charge in [-0.3, -0.25) is 14.9 Å². The van der Waals surface area contributed by atoms with Crippen LogP contribution in [0.3, 0.4) is 0 Å². The zero-order chi connectivity index (χ0) is 22.2. The van der Waals surface area contributed by atoms with Crippen molar-refractivity contribution in [1.29, 1.82) is 5.26 Å². The molecule has 0 aromatic heterocycles. The number of nitriles is 1. The third-order valence-electron chi connectivity index (χ3n) is 4.21. The van der Waals surface area contributed by atoms with E-state index in [-0.39, 0.29) is 29.4 Å². The molecule has 0 unspecified atom stereocenters. The van der Waals surface area contributed by atoms with Crippen LogP contribution in [0, 0.1) is 27.3 Å². The first kappa shape index (κ1) is 21.2. The van der Waals surface area contributed by atoms with Gasteiger partial charge in [-0.1, -0.05) is 36.4 Å². The maximum absolute atomic E-state index is 13.0. The van der Waals surface area contributed by atoms with Gasteiger partial charge in [0.05, 0.1) is 4.92 Å². The average Bonchev–Trinajstić information content (AvgIpc) is 2.77. The molecule has 31 heavy (non-hydrogen) atoms. The maximum atomic E-state index is 13.0. The van der Waals surface area contributed by atoms with Crippen molar-refractivity contribution in [2.24, 2.45) is 0 Å². The quantitative estimate of drug-likeness (QED) is 0.256. The monoisotopic (exact) mass is 417 g/mol. The number of carbonyl (C=O) groups is 1. The summed E-state index contributed by atoms with van der Waals surface area (Å²) in [5.41, 5.74) is 1.06. The molecule has 0 atom stereocenters. The molecule has 0 radical (unpaired) electrons. The standard InChI is InChI=1S/C23H16FN3O4/c24-19-10-8-16(9-11-19)15-31-22-7-2-1-4-17(22)12-18(14-25)23(28)26-20-5-3-6-21(13-20)27(29)30/h1-13H,15H2,(H,26,28)/b18-12+. The summed E-state index contributed by atoms with van der Waals surface area (Å²) < 4.78 is 18.8. The van der Waals surface area contributed by atoms with Gasteiger partial charge >= 0.3 is 0 Å². The molecule has 0 spiro atoms. The third kappa shape index (κ3) is 5.74. The Morgan fingerprint density at radius 3 is 2.58 bits per heavy atom. The molecule has 3 aromatic carbocycles. The highest BCUT2D eigenvalue weighted by Gasteiger charge is 2.13. The van der Waals surface area contributed by atoms with Crippen LogP contribution in [0.2, 0.25) is 0 Å². The minimum Gasteiger partial charge on any atom is -0.488 e. The van der Waals surface area contributed by atoms with Crippen LogP contribution in [0.1, 0.15) is 11.1 Å². The van der Waals surface area contributed by atoms with E-state index in [1.165, 1.54) is 42.5 Å². The van der Waals surface area contributed by atoms with Gasteiger partial charge in [-0.2, -0.15) is 5.26 Å². The summed E-state index contributed by atoms with van der Waals surface area (Å²) in [6.45, 7) is 0.174. The second kappa shape index (κ2) is 9.80. The number of anilines is 1. The van der Waals surface area contributed by atoms with Crippen molar-refractivity contribution in [2.75, 3.05) is 5.32 Å². The molecule has 0 bridgehead atoms. The summed E-state index contributed by atoms with van der Waals surface area (Å²) in [5, 5.41) is 22.8. The number of ether oxygens (including phenoxy) is 1. The topological polar surface area (TPSA) is 105 Å². The predicted octanol–water partition coefficient (Wildman–Crippen LogP) is 4.86. The lowest BCUT2D eigenvalue weighted by Gasteiger charge is -2.10. The molecule has 3 aromatic rings. The van der Waals surface area contributed by atoms with Gasteiger partial charge in [0, 0.05) is 23.4 Å². The fraction of sp³-hybridized carbons (Fsp3) is 0.0435. The van der Waals surface area contributed by atoms with E-state index in [9.17, 15) is 24.6 Å². The zero-order valence-electron chi connectivity index (χ0n) is 16.1. The summed E-state index contributed by atoms with van der Waals surface area (Å²) in [6.07, 6.45) is 1.37. The number of rotatable bonds is 7. The Morgan fingerprint density at radius 1 is 1.13 bits per heavy atom. The van der Waals surface area contributed by atoms with E-state index in [1.807, 2.05) is 6.07 Å². The Bertz CT molecular complexity index is 1180. The van der Waals surface area contributed by atoms with Crippen LogP contribution in [-0.2, 0) is 11.4 Å². The first-order chi connectivity index (χ1) is 15.0. The van der Waals surface area contributed by atoms with E-state index in [1.54, 1.807) is 36.4 Å². The number of carbonyl (C=O) groups excluding carboxylic acids is 1. The number of amides is 1. The zero-order valence-corrected chi connectivity index (χ0v) is 16.1. The first-order valence-electron chi connectivity index (χ1n) is 9.10. The fourth-order valence-corrected chi connectivity index (χ4v) is 2.67. The van der Waals surface area contributed by atoms with E-state index in [0.29, 0.717) is 11.3 Å². The molecule has 0 aliphatic carbocycles. The molecule has 0 heterocycles. The van der Waals surface area contributed by atoms with Crippen LogP contribution < -0.4 is 10.1 Å². The SMILES string of the molecule is N#C/C(=C\c1ccccc1OCc1ccc(F)cc1)C(=O)Nc1cccc([N+](=O)[O-])c1. The normalized spacial score (nSPS) is 10.8. The Hall–Kier alpha value is -4.51. The molecular formula is C23H16FN3O4. The molecule has 0 aliphatic rings. The number of hydrogen-bond donors (Lipinski definition) is 1. The maximum Gasteiger partial charge on any atom is 0.271 e. The molecule has 0 aliphatic heterocycles. The Kier molecular flexibility index (Phi) is 6.71. The van der Waals surface area contributed by atoms with Gasteiger partial charge in [0.2, 0.25) is 0 Å². The molecular weight excluding hydrogens is 401 g/mol. The molecule has 1 amide bonds. The molecule has 8 heteroatoms. The molecule has 0 saturated heterocycles. The second-order valence-electron chi connectivity index (χ2n) is 6.38. The number of nitrogens with one attached hydrogen (secondary N) is 1. The minimum atomic E-state index is -0.712. The number of non-ortho nitro benzene ring substituents is 1. The number of hydrogen-bond acceptors (Lipinski definition) is 5. The number of halogens is 1. The summed E-state index contributed by atoms with van der Waals surface area (Å²) in [7, 11) is 0. The first-order valence-corrected chi connectivity index (χ1v) is 9.10. The smallest absolute Gasteiger partial charge is 0.271 e. The highest BCUT2D eigenvalue weighted by molar-refractivity contribution is 6.09. The van der Waals surface area contributed by atoms with Crippen LogP contribution in [0.5, 0.6) is 5.75 Å². The number of para-hydroxylation sites is 1. The Labute approximate surface area is 177 Å². The third-order valence-corrected chi connectivity index (χ3v) is 4.21. The molecule has 1 N–H and O–H groups in total. The van der Waals surface area contributed by atoms with Crippen molar-refractivity contribution in [2.45, 2.75) is 6.61 Å². The van der Waals surface area contributed by atoms with Crippen LogP contribution in [0.4, 0.5) is 15.8 Å². The van der Waals surface area contributed by atoms with Crippen molar-refractivity contribution < 1.29 is 18.8 Å². The van der Waals surface area contributed by atoms with E-state index in [0.717, 1.165) is 5.56 Å². The Balaban J connectivity index is 1.78. The van der Waals surface area contributed by atoms with Crippen molar-refractivity contribution >= 4 is 23.4 Å². The van der Waals surface area contributed by atoms with Crippen LogP contribution in [-0.4, -0.2) is 10.8 Å². The lowest BCUT2D eigenvalue weighted by molar-refractivity contribution is -0.384. The molecule has 3 rings (SSSR count). The summed E-state index contributed by atoms with van der Waals surface area (Å²) in [4.78, 5) is 22.8. The van der Waals surface area contributed by atoms with Gasteiger partial charge in [0.25, 0.3) is 11.6 Å². The molecule has 0 fully saturated rings. The van der Waals surface area contributed by atoms with Gasteiger partial charge < -0.3 is 10.1 Å². The predicted molar refractivity (Wildman–Crippen MR) is 112 cm³/mol. The average molecular weight is 417 g/mol. The van der Waals surface area contributed by atoms with Gasteiger partial charge in [0.1, 0.15) is 29.8 Å². The fourth-order valence-electron chi connectivity index (χ4n) is 2.67. The summed E-state index contributed by atoms with van der Waals surface area (Å²) in [6, 6.07) is 19.9. The largest absolute Gasteiger partial charge is 0.488 e. The summed E-state index contributed by atoms with van der Waals surface area (Å²) >= 11 is 0. The Morgan fingerprint density at radius 2 is 1.87 bits per heavy atom. The van der Waals surface area contributed by atoms with Gasteiger partial charge in [-0.25, -0.2) is 4.39 Å². The number of nitro groups is 1. The summed E-state index contributed by atoms with van der Waals surface area (Å²) in [5.74, 6) is -0.625. The van der Waals surface area contributed by atoms with Crippen LogP contribution in [0.25, 0.3) is 6.08 Å². The lowest BCUT2D eigenvalue weighted by atomic mass is 10.1.